The molecule has 0 spiro atoms. The molecule has 1 aliphatic carbocycles. The summed E-state index contributed by atoms with van der Waals surface area (Å²) in [6, 6.07) is 6.89. The summed E-state index contributed by atoms with van der Waals surface area (Å²) in [7, 11) is 0. The fraction of sp³-hybridized carbons (Fsp3) is 0.647. The van der Waals surface area contributed by atoms with Crippen molar-refractivity contribution in [2.75, 3.05) is 13.2 Å². The Kier molecular flexibility index (Phi) is 6.19. The van der Waals surface area contributed by atoms with Gasteiger partial charge >= 0.3 is 0 Å². The molecule has 112 valence electrons. The zero-order valence-electron chi connectivity index (χ0n) is 12.8. The van der Waals surface area contributed by atoms with E-state index in [0.29, 0.717) is 12.6 Å². The van der Waals surface area contributed by atoms with E-state index in [0.717, 1.165) is 31.1 Å². The molecule has 0 heterocycles. The van der Waals surface area contributed by atoms with Crippen LogP contribution < -0.4 is 14.8 Å². The number of ether oxygens (including phenoxy) is 2. The SMILES string of the molecule is CCCCCOc1c(CNC2CC2)cccc1OCC. The zero-order valence-corrected chi connectivity index (χ0v) is 12.8. The summed E-state index contributed by atoms with van der Waals surface area (Å²) < 4.78 is 11.7. The molecule has 0 unspecified atom stereocenters. The number of nitrogens with one attached hydrogen (secondary N) is 1. The average Bonchev–Trinajstić information content (AvgIpc) is 3.27. The van der Waals surface area contributed by atoms with E-state index in [1.807, 2.05) is 19.1 Å². The number of hydrogen-bond acceptors (Lipinski definition) is 3. The molecule has 0 saturated heterocycles. The smallest absolute Gasteiger partial charge is 0.165 e. The molecule has 0 aliphatic heterocycles. The minimum absolute atomic E-state index is 0.671. The number of unbranched alkanes of at least 4 members (excludes halogenated alkanes) is 2. The summed E-state index contributed by atoms with van der Waals surface area (Å²) in [5.74, 6) is 1.80. The van der Waals surface area contributed by atoms with Crippen LogP contribution in [0.1, 0.15) is 51.5 Å². The van der Waals surface area contributed by atoms with Crippen molar-refractivity contribution in [1.29, 1.82) is 0 Å². The van der Waals surface area contributed by atoms with E-state index < -0.39 is 0 Å². The van der Waals surface area contributed by atoms with E-state index in [-0.39, 0.29) is 0 Å². The van der Waals surface area contributed by atoms with Gasteiger partial charge in [0.1, 0.15) is 0 Å². The Morgan fingerprint density at radius 3 is 2.70 bits per heavy atom. The quantitative estimate of drug-likeness (QED) is 0.658. The molecule has 1 N–H and O–H groups in total. The van der Waals surface area contributed by atoms with E-state index in [1.165, 1.54) is 31.2 Å². The number of para-hydroxylation sites is 1. The summed E-state index contributed by atoms with van der Waals surface area (Å²) in [6.07, 6.45) is 6.14. The molecule has 1 fully saturated rings. The van der Waals surface area contributed by atoms with Crippen molar-refractivity contribution in [3.05, 3.63) is 23.8 Å². The van der Waals surface area contributed by atoms with Gasteiger partial charge in [0.05, 0.1) is 13.2 Å². The highest BCUT2D eigenvalue weighted by molar-refractivity contribution is 5.46. The average molecular weight is 277 g/mol. The van der Waals surface area contributed by atoms with Gasteiger partial charge in [-0.2, -0.15) is 0 Å². The normalized spacial score (nSPS) is 14.3. The number of benzene rings is 1. The molecule has 0 atom stereocenters. The van der Waals surface area contributed by atoms with E-state index in [2.05, 4.69) is 18.3 Å². The predicted molar refractivity (Wildman–Crippen MR) is 82.5 cm³/mol. The van der Waals surface area contributed by atoms with Crippen molar-refractivity contribution < 1.29 is 9.47 Å². The highest BCUT2D eigenvalue weighted by Crippen LogP contribution is 2.32. The van der Waals surface area contributed by atoms with Crippen molar-refractivity contribution in [1.82, 2.24) is 5.32 Å². The molecule has 2 rings (SSSR count). The van der Waals surface area contributed by atoms with Crippen LogP contribution in [0.3, 0.4) is 0 Å². The van der Waals surface area contributed by atoms with Gasteiger partial charge in [-0.25, -0.2) is 0 Å². The first-order chi connectivity index (χ1) is 9.85. The fourth-order valence-corrected chi connectivity index (χ4v) is 2.20. The van der Waals surface area contributed by atoms with Gasteiger partial charge < -0.3 is 14.8 Å². The molecular weight excluding hydrogens is 250 g/mol. The third-order valence-electron chi connectivity index (χ3n) is 3.51. The summed E-state index contributed by atoms with van der Waals surface area (Å²) in [5.41, 5.74) is 1.21. The van der Waals surface area contributed by atoms with Crippen LogP contribution in [0, 0.1) is 0 Å². The van der Waals surface area contributed by atoms with Crippen LogP contribution in [-0.2, 0) is 6.54 Å². The Labute approximate surface area is 122 Å². The summed E-state index contributed by atoms with van der Waals surface area (Å²) in [4.78, 5) is 0. The minimum Gasteiger partial charge on any atom is -0.490 e. The second-order valence-corrected chi connectivity index (χ2v) is 5.39. The first-order valence-electron chi connectivity index (χ1n) is 7.96. The van der Waals surface area contributed by atoms with Gasteiger partial charge in [0.2, 0.25) is 0 Å². The lowest BCUT2D eigenvalue weighted by Crippen LogP contribution is -2.16. The van der Waals surface area contributed by atoms with Crippen LogP contribution in [-0.4, -0.2) is 19.3 Å². The van der Waals surface area contributed by atoms with Gasteiger partial charge in [0, 0.05) is 18.2 Å². The number of rotatable bonds is 10. The molecule has 0 aromatic heterocycles. The van der Waals surface area contributed by atoms with Gasteiger partial charge in [0.15, 0.2) is 11.5 Å². The highest BCUT2D eigenvalue weighted by atomic mass is 16.5. The highest BCUT2D eigenvalue weighted by Gasteiger charge is 2.21. The van der Waals surface area contributed by atoms with Gasteiger partial charge in [-0.15, -0.1) is 0 Å². The van der Waals surface area contributed by atoms with Crippen LogP contribution in [0.4, 0.5) is 0 Å². The first-order valence-corrected chi connectivity index (χ1v) is 7.96. The Morgan fingerprint density at radius 2 is 2.00 bits per heavy atom. The van der Waals surface area contributed by atoms with Gasteiger partial charge in [-0.3, -0.25) is 0 Å². The Hall–Kier alpha value is -1.22. The molecule has 20 heavy (non-hydrogen) atoms. The van der Waals surface area contributed by atoms with Gasteiger partial charge in [0.25, 0.3) is 0 Å². The van der Waals surface area contributed by atoms with Crippen LogP contribution >= 0.6 is 0 Å². The predicted octanol–water partition coefficient (Wildman–Crippen LogP) is 3.91. The molecule has 0 bridgehead atoms. The van der Waals surface area contributed by atoms with Crippen molar-refractivity contribution in [3.8, 4) is 11.5 Å². The van der Waals surface area contributed by atoms with Crippen LogP contribution in [0.15, 0.2) is 18.2 Å². The van der Waals surface area contributed by atoms with E-state index in [9.17, 15) is 0 Å². The first kappa shape index (κ1) is 15.2. The molecule has 1 aromatic carbocycles. The van der Waals surface area contributed by atoms with Crippen molar-refractivity contribution in [2.24, 2.45) is 0 Å². The van der Waals surface area contributed by atoms with Crippen LogP contribution in [0.5, 0.6) is 11.5 Å². The van der Waals surface area contributed by atoms with E-state index in [1.54, 1.807) is 0 Å². The van der Waals surface area contributed by atoms with Crippen molar-refractivity contribution in [3.63, 3.8) is 0 Å². The third kappa shape index (κ3) is 4.71. The second-order valence-electron chi connectivity index (χ2n) is 5.39. The molecule has 3 heteroatoms. The molecule has 0 radical (unpaired) electrons. The Morgan fingerprint density at radius 1 is 1.15 bits per heavy atom. The summed E-state index contributed by atoms with van der Waals surface area (Å²) in [5, 5.41) is 3.55. The molecule has 0 amide bonds. The monoisotopic (exact) mass is 277 g/mol. The molecule has 1 aromatic rings. The fourth-order valence-electron chi connectivity index (χ4n) is 2.20. The topological polar surface area (TPSA) is 30.5 Å². The third-order valence-corrected chi connectivity index (χ3v) is 3.51. The lowest BCUT2D eigenvalue weighted by Gasteiger charge is -2.16. The summed E-state index contributed by atoms with van der Waals surface area (Å²) in [6.45, 7) is 6.53. The largest absolute Gasteiger partial charge is 0.490 e. The van der Waals surface area contributed by atoms with Crippen LogP contribution in [0.25, 0.3) is 0 Å². The maximum atomic E-state index is 6.01. The van der Waals surface area contributed by atoms with Crippen LogP contribution in [0.2, 0.25) is 0 Å². The zero-order chi connectivity index (χ0) is 14.2. The molecular formula is C17H27NO2. The molecule has 3 nitrogen and oxygen atoms in total. The Bertz CT molecular complexity index is 402. The summed E-state index contributed by atoms with van der Waals surface area (Å²) >= 11 is 0. The van der Waals surface area contributed by atoms with Crippen molar-refractivity contribution in [2.45, 2.75) is 58.5 Å². The lowest BCUT2D eigenvalue weighted by atomic mass is 10.1. The maximum Gasteiger partial charge on any atom is 0.165 e. The molecule has 1 aliphatic rings. The van der Waals surface area contributed by atoms with E-state index in [4.69, 9.17) is 9.47 Å². The standard InChI is InChI=1S/C17H27NO2/c1-3-5-6-12-20-17-14(13-18-15-10-11-15)8-7-9-16(17)19-4-2/h7-9,15,18H,3-6,10-13H2,1-2H3. The van der Waals surface area contributed by atoms with E-state index >= 15 is 0 Å². The van der Waals surface area contributed by atoms with Gasteiger partial charge in [-0.05, 0) is 32.3 Å². The second kappa shape index (κ2) is 8.15. The van der Waals surface area contributed by atoms with Crippen molar-refractivity contribution >= 4 is 0 Å². The van der Waals surface area contributed by atoms with Gasteiger partial charge in [-0.1, -0.05) is 31.9 Å². The molecule has 1 saturated carbocycles. The maximum absolute atomic E-state index is 6.01. The lowest BCUT2D eigenvalue weighted by molar-refractivity contribution is 0.268. The minimum atomic E-state index is 0.671. The number of hydrogen-bond donors (Lipinski definition) is 1. The Balaban J connectivity index is 2.00.